The van der Waals surface area contributed by atoms with Crippen molar-refractivity contribution in [2.75, 3.05) is 23.9 Å². The van der Waals surface area contributed by atoms with E-state index in [4.69, 9.17) is 4.74 Å². The van der Waals surface area contributed by atoms with Crippen LogP contribution in [-0.2, 0) is 9.53 Å². The highest BCUT2D eigenvalue weighted by atomic mass is 16.6. The van der Waals surface area contributed by atoms with Gasteiger partial charge in [-0.15, -0.1) is 0 Å². The quantitative estimate of drug-likeness (QED) is 0.912. The highest BCUT2D eigenvalue weighted by molar-refractivity contribution is 5.94. The Morgan fingerprint density at radius 2 is 2.04 bits per heavy atom. The highest BCUT2D eigenvalue weighted by Gasteiger charge is 2.16. The molecular formula is C15H19N5O3. The van der Waals surface area contributed by atoms with Crippen molar-refractivity contribution in [2.45, 2.75) is 19.9 Å². The molecule has 0 saturated heterocycles. The molecule has 8 heteroatoms. The van der Waals surface area contributed by atoms with E-state index in [2.05, 4.69) is 15.4 Å². The van der Waals surface area contributed by atoms with Crippen LogP contribution in [0.5, 0.6) is 0 Å². The first-order chi connectivity index (χ1) is 11.0. The molecule has 8 nitrogen and oxygen atoms in total. The Morgan fingerprint density at radius 3 is 2.61 bits per heavy atom. The van der Waals surface area contributed by atoms with Crippen molar-refractivity contribution in [3.63, 3.8) is 0 Å². The Morgan fingerprint density at radius 1 is 1.35 bits per heavy atom. The van der Waals surface area contributed by atoms with Gasteiger partial charge in [-0.05, 0) is 38.1 Å². The van der Waals surface area contributed by atoms with Gasteiger partial charge < -0.3 is 10.1 Å². The van der Waals surface area contributed by atoms with Crippen molar-refractivity contribution in [1.82, 2.24) is 14.8 Å². The normalized spacial score (nSPS) is 11.6. The highest BCUT2D eigenvalue weighted by Crippen LogP contribution is 2.18. The second kappa shape index (κ2) is 7.39. The van der Waals surface area contributed by atoms with Gasteiger partial charge in [0.05, 0.1) is 6.61 Å². The van der Waals surface area contributed by atoms with E-state index in [0.717, 1.165) is 0 Å². The van der Waals surface area contributed by atoms with Crippen molar-refractivity contribution in [3.8, 4) is 0 Å². The molecule has 0 aliphatic rings. The molecule has 1 heterocycles. The van der Waals surface area contributed by atoms with Crippen molar-refractivity contribution >= 4 is 23.4 Å². The van der Waals surface area contributed by atoms with E-state index < -0.39 is 12.1 Å². The van der Waals surface area contributed by atoms with Crippen molar-refractivity contribution in [1.29, 1.82) is 0 Å². The van der Waals surface area contributed by atoms with Crippen LogP contribution >= 0.6 is 0 Å². The monoisotopic (exact) mass is 317 g/mol. The van der Waals surface area contributed by atoms with Crippen LogP contribution in [0.4, 0.5) is 16.2 Å². The predicted molar refractivity (Wildman–Crippen MR) is 85.2 cm³/mol. The van der Waals surface area contributed by atoms with E-state index in [1.54, 1.807) is 45.2 Å². The molecule has 1 atom stereocenters. The molecule has 0 aliphatic heterocycles. The summed E-state index contributed by atoms with van der Waals surface area (Å²) in [5, 5.41) is 6.73. The number of carbonyl (C=O) groups excluding carboxylic acids is 2. The summed E-state index contributed by atoms with van der Waals surface area (Å²) in [7, 11) is 1.62. The topological polar surface area (TPSA) is 89.4 Å². The summed E-state index contributed by atoms with van der Waals surface area (Å²) >= 11 is 0. The minimum absolute atomic E-state index is 0.206. The minimum Gasteiger partial charge on any atom is -0.449 e. The summed E-state index contributed by atoms with van der Waals surface area (Å²) in [5.74, 6) is -0.206. The molecule has 0 bridgehead atoms. The number of hydrogen-bond donors (Lipinski definition) is 1. The number of amides is 2. The van der Waals surface area contributed by atoms with Crippen LogP contribution in [0, 0.1) is 0 Å². The minimum atomic E-state index is -0.473. The van der Waals surface area contributed by atoms with Gasteiger partial charge in [-0.1, -0.05) is 0 Å². The van der Waals surface area contributed by atoms with Crippen LogP contribution in [0.2, 0.25) is 0 Å². The van der Waals surface area contributed by atoms with Crippen LogP contribution in [0.1, 0.15) is 19.9 Å². The van der Waals surface area contributed by atoms with E-state index in [9.17, 15) is 9.59 Å². The Labute approximate surface area is 134 Å². The lowest BCUT2D eigenvalue weighted by Crippen LogP contribution is -2.27. The smallest absolute Gasteiger partial charge is 0.413 e. The van der Waals surface area contributed by atoms with Gasteiger partial charge in [-0.3, -0.25) is 9.69 Å². The number of aromatic nitrogens is 3. The maximum absolute atomic E-state index is 12.1. The van der Waals surface area contributed by atoms with E-state index in [1.165, 1.54) is 22.2 Å². The fourth-order valence-electron chi connectivity index (χ4n) is 1.88. The summed E-state index contributed by atoms with van der Waals surface area (Å²) in [6.07, 6.45) is 2.44. The molecule has 1 N–H and O–H groups in total. The van der Waals surface area contributed by atoms with Gasteiger partial charge in [0, 0.05) is 18.4 Å². The summed E-state index contributed by atoms with van der Waals surface area (Å²) in [6, 6.07) is 6.42. The zero-order valence-electron chi connectivity index (χ0n) is 13.3. The molecule has 122 valence electrons. The maximum atomic E-state index is 12.1. The van der Waals surface area contributed by atoms with Crippen molar-refractivity contribution < 1.29 is 14.3 Å². The first-order valence-corrected chi connectivity index (χ1v) is 7.18. The molecule has 0 unspecified atom stereocenters. The Bertz CT molecular complexity index is 654. The van der Waals surface area contributed by atoms with Crippen LogP contribution in [0.3, 0.4) is 0 Å². The lowest BCUT2D eigenvalue weighted by Gasteiger charge is -2.17. The second-order valence-corrected chi connectivity index (χ2v) is 4.85. The summed E-state index contributed by atoms with van der Waals surface area (Å²) in [6.45, 7) is 3.80. The van der Waals surface area contributed by atoms with Gasteiger partial charge in [0.25, 0.3) is 0 Å². The molecule has 2 aromatic rings. The number of benzene rings is 1. The van der Waals surface area contributed by atoms with Crippen LogP contribution in [-0.4, -0.2) is 40.4 Å². The molecular weight excluding hydrogens is 298 g/mol. The van der Waals surface area contributed by atoms with Crippen LogP contribution in [0.25, 0.3) is 0 Å². The number of carbonyl (C=O) groups is 2. The first-order valence-electron chi connectivity index (χ1n) is 7.18. The molecule has 2 amide bonds. The van der Waals surface area contributed by atoms with Crippen molar-refractivity contribution in [3.05, 3.63) is 36.9 Å². The van der Waals surface area contributed by atoms with Gasteiger partial charge in [0.1, 0.15) is 18.7 Å². The third-order valence-corrected chi connectivity index (χ3v) is 3.28. The third-order valence-electron chi connectivity index (χ3n) is 3.28. The Hall–Kier alpha value is -2.90. The van der Waals surface area contributed by atoms with Crippen LogP contribution < -0.4 is 10.2 Å². The van der Waals surface area contributed by atoms with E-state index >= 15 is 0 Å². The largest absolute Gasteiger partial charge is 0.449 e. The van der Waals surface area contributed by atoms with Gasteiger partial charge >= 0.3 is 6.09 Å². The fourth-order valence-corrected chi connectivity index (χ4v) is 1.88. The number of anilines is 2. The lowest BCUT2D eigenvalue weighted by molar-refractivity contribution is -0.119. The SMILES string of the molecule is CCOC(=O)N(C)c1ccc(NC(=O)[C@H](C)n2cncn2)cc1. The van der Waals surface area contributed by atoms with E-state index in [1.807, 2.05) is 0 Å². The molecule has 0 spiro atoms. The molecule has 1 aromatic heterocycles. The van der Waals surface area contributed by atoms with Gasteiger partial charge in [-0.2, -0.15) is 5.10 Å². The Balaban J connectivity index is 2.00. The summed E-state index contributed by atoms with van der Waals surface area (Å²) in [5.41, 5.74) is 1.30. The molecule has 0 radical (unpaired) electrons. The first kappa shape index (κ1) is 16.5. The molecule has 0 aliphatic carbocycles. The maximum Gasteiger partial charge on any atom is 0.413 e. The van der Waals surface area contributed by atoms with Gasteiger partial charge in [-0.25, -0.2) is 14.5 Å². The number of nitrogens with zero attached hydrogens (tertiary/aromatic N) is 4. The Kier molecular flexibility index (Phi) is 5.29. The predicted octanol–water partition coefficient (Wildman–Crippen LogP) is 2.07. The number of rotatable bonds is 5. The molecule has 0 saturated carbocycles. The fraction of sp³-hybridized carbons (Fsp3) is 0.333. The standard InChI is InChI=1S/C15H19N5O3/c1-4-23-15(22)19(3)13-7-5-12(6-8-13)18-14(21)11(2)20-10-16-9-17-20/h5-11H,4H2,1-3H3,(H,18,21)/t11-/m0/s1. The molecule has 2 rings (SSSR count). The lowest BCUT2D eigenvalue weighted by atomic mass is 10.2. The second-order valence-electron chi connectivity index (χ2n) is 4.85. The average molecular weight is 317 g/mol. The number of ether oxygens (including phenoxy) is 1. The van der Waals surface area contributed by atoms with Crippen molar-refractivity contribution in [2.24, 2.45) is 0 Å². The molecule has 1 aromatic carbocycles. The van der Waals surface area contributed by atoms with Gasteiger partial charge in [0.2, 0.25) is 5.91 Å². The van der Waals surface area contributed by atoms with Gasteiger partial charge in [0.15, 0.2) is 0 Å². The number of hydrogen-bond acceptors (Lipinski definition) is 5. The van der Waals surface area contributed by atoms with E-state index in [0.29, 0.717) is 18.0 Å². The summed E-state index contributed by atoms with van der Waals surface area (Å²) in [4.78, 5) is 29.0. The van der Waals surface area contributed by atoms with Crippen LogP contribution in [0.15, 0.2) is 36.9 Å². The van der Waals surface area contributed by atoms with E-state index in [-0.39, 0.29) is 5.91 Å². The molecule has 23 heavy (non-hydrogen) atoms. The zero-order chi connectivity index (χ0) is 16.8. The molecule has 0 fully saturated rings. The zero-order valence-corrected chi connectivity index (χ0v) is 13.3. The number of nitrogens with one attached hydrogen (secondary N) is 1. The average Bonchev–Trinajstić information content (AvgIpc) is 3.08. The summed E-state index contributed by atoms with van der Waals surface area (Å²) < 4.78 is 6.40. The third kappa shape index (κ3) is 4.06.